The molecule has 0 unspecified atom stereocenters. The number of carbonyl (C=O) groups is 1. The molecule has 15 heavy (non-hydrogen) atoms. The van der Waals surface area contributed by atoms with Crippen molar-refractivity contribution < 1.29 is 4.79 Å². The Balaban J connectivity index is 2.49. The van der Waals surface area contributed by atoms with Crippen LogP contribution < -0.4 is 5.32 Å². The molecule has 0 radical (unpaired) electrons. The molecule has 0 saturated carbocycles. The van der Waals surface area contributed by atoms with Gasteiger partial charge in [0.1, 0.15) is 6.54 Å². The van der Waals surface area contributed by atoms with Crippen molar-refractivity contribution in [1.82, 2.24) is 19.8 Å². The largest absolute Gasteiger partial charge is 0.347 e. The van der Waals surface area contributed by atoms with E-state index in [1.54, 1.807) is 29.9 Å². The quantitative estimate of drug-likeness (QED) is 0.749. The van der Waals surface area contributed by atoms with E-state index in [2.05, 4.69) is 10.3 Å². The molecule has 1 aromatic heterocycles. The Morgan fingerprint density at radius 3 is 2.93 bits per heavy atom. The predicted octanol–water partition coefficient (Wildman–Crippen LogP) is 0.0808. The van der Waals surface area contributed by atoms with Gasteiger partial charge in [-0.15, -0.1) is 0 Å². The average molecular weight is 210 g/mol. The molecular weight excluding hydrogens is 192 g/mol. The van der Waals surface area contributed by atoms with Crippen LogP contribution in [-0.2, 0) is 17.9 Å². The highest BCUT2D eigenvalue weighted by molar-refractivity contribution is 5.75. The highest BCUT2D eigenvalue weighted by Gasteiger charge is 2.05. The molecule has 1 rings (SSSR count). The first-order valence-corrected chi connectivity index (χ1v) is 5.05. The summed E-state index contributed by atoms with van der Waals surface area (Å²) in [7, 11) is 3.50. The maximum absolute atomic E-state index is 11.4. The zero-order chi connectivity index (χ0) is 11.3. The van der Waals surface area contributed by atoms with Gasteiger partial charge in [0.15, 0.2) is 0 Å². The number of imidazole rings is 1. The molecule has 0 aromatic carbocycles. The van der Waals surface area contributed by atoms with E-state index >= 15 is 0 Å². The lowest BCUT2D eigenvalue weighted by Crippen LogP contribution is -2.25. The van der Waals surface area contributed by atoms with Crippen molar-refractivity contribution in [1.29, 1.82) is 0 Å². The standard InChI is InChI=1S/C10H18N4O/c1-4-11-5-9-6-14(8-12-9)7-10(15)13(2)3/h6,8,11H,4-5,7H2,1-3H3. The van der Waals surface area contributed by atoms with Crippen molar-refractivity contribution in [2.24, 2.45) is 0 Å². The zero-order valence-corrected chi connectivity index (χ0v) is 9.53. The molecule has 1 aromatic rings. The van der Waals surface area contributed by atoms with E-state index < -0.39 is 0 Å². The maximum Gasteiger partial charge on any atom is 0.242 e. The van der Waals surface area contributed by atoms with Gasteiger partial charge in [0.2, 0.25) is 5.91 Å². The molecule has 0 fully saturated rings. The molecule has 0 atom stereocenters. The van der Waals surface area contributed by atoms with Crippen LogP contribution in [0.2, 0.25) is 0 Å². The lowest BCUT2D eigenvalue weighted by molar-refractivity contribution is -0.129. The number of nitrogens with zero attached hydrogens (tertiary/aromatic N) is 3. The summed E-state index contributed by atoms with van der Waals surface area (Å²) in [5, 5.41) is 3.18. The molecule has 0 aliphatic heterocycles. The number of likely N-dealkylation sites (N-methyl/N-ethyl adjacent to an activating group) is 1. The first kappa shape index (κ1) is 11.7. The van der Waals surface area contributed by atoms with Crippen LogP contribution in [0.3, 0.4) is 0 Å². The highest BCUT2D eigenvalue weighted by atomic mass is 16.2. The third kappa shape index (κ3) is 3.71. The molecule has 0 spiro atoms. The summed E-state index contributed by atoms with van der Waals surface area (Å²) in [5.74, 6) is 0.0717. The van der Waals surface area contributed by atoms with Crippen molar-refractivity contribution in [2.45, 2.75) is 20.0 Å². The molecule has 1 heterocycles. The van der Waals surface area contributed by atoms with Crippen molar-refractivity contribution in [2.75, 3.05) is 20.6 Å². The summed E-state index contributed by atoms with van der Waals surface area (Å²) < 4.78 is 1.80. The molecular formula is C10H18N4O. The number of hydrogen-bond donors (Lipinski definition) is 1. The van der Waals surface area contributed by atoms with Crippen molar-refractivity contribution in [3.8, 4) is 0 Å². The number of aromatic nitrogens is 2. The monoisotopic (exact) mass is 210 g/mol. The van der Waals surface area contributed by atoms with Gasteiger partial charge >= 0.3 is 0 Å². The van der Waals surface area contributed by atoms with Gasteiger partial charge in [0.25, 0.3) is 0 Å². The summed E-state index contributed by atoms with van der Waals surface area (Å²) in [5.41, 5.74) is 0.961. The Hall–Kier alpha value is -1.36. The van der Waals surface area contributed by atoms with E-state index in [9.17, 15) is 4.79 Å². The second-order valence-electron chi connectivity index (χ2n) is 3.61. The molecule has 0 saturated heterocycles. The van der Waals surface area contributed by atoms with E-state index in [1.165, 1.54) is 0 Å². The molecule has 1 amide bonds. The summed E-state index contributed by atoms with van der Waals surface area (Å²) in [6.07, 6.45) is 3.58. The van der Waals surface area contributed by atoms with Gasteiger partial charge in [0.05, 0.1) is 12.0 Å². The Morgan fingerprint density at radius 2 is 2.33 bits per heavy atom. The average Bonchev–Trinajstić information content (AvgIpc) is 2.62. The normalized spacial score (nSPS) is 10.3. The minimum Gasteiger partial charge on any atom is -0.347 e. The van der Waals surface area contributed by atoms with Crippen LogP contribution in [-0.4, -0.2) is 41.0 Å². The number of nitrogens with one attached hydrogen (secondary N) is 1. The van der Waals surface area contributed by atoms with Crippen LogP contribution in [0.5, 0.6) is 0 Å². The smallest absolute Gasteiger partial charge is 0.242 e. The Labute approximate surface area is 90.1 Å². The van der Waals surface area contributed by atoms with E-state index in [4.69, 9.17) is 0 Å². The van der Waals surface area contributed by atoms with E-state index in [0.717, 1.165) is 18.8 Å². The van der Waals surface area contributed by atoms with Crippen LogP contribution in [0.4, 0.5) is 0 Å². The zero-order valence-electron chi connectivity index (χ0n) is 9.53. The number of rotatable bonds is 5. The first-order chi connectivity index (χ1) is 7.13. The highest BCUT2D eigenvalue weighted by Crippen LogP contribution is 1.96. The molecule has 0 aliphatic carbocycles. The summed E-state index contributed by atoms with van der Waals surface area (Å²) >= 11 is 0. The molecule has 84 valence electrons. The lowest BCUT2D eigenvalue weighted by atomic mass is 10.4. The summed E-state index contributed by atoms with van der Waals surface area (Å²) in [6.45, 7) is 4.07. The van der Waals surface area contributed by atoms with Crippen molar-refractivity contribution in [3.05, 3.63) is 18.2 Å². The van der Waals surface area contributed by atoms with Gasteiger partial charge < -0.3 is 14.8 Å². The number of amides is 1. The van der Waals surface area contributed by atoms with Gasteiger partial charge in [-0.05, 0) is 6.54 Å². The SMILES string of the molecule is CCNCc1cn(CC(=O)N(C)C)cn1. The second-order valence-corrected chi connectivity index (χ2v) is 3.61. The fourth-order valence-corrected chi connectivity index (χ4v) is 1.13. The Kier molecular flexibility index (Phi) is 4.30. The Morgan fingerprint density at radius 1 is 1.60 bits per heavy atom. The molecule has 1 N–H and O–H groups in total. The predicted molar refractivity (Wildman–Crippen MR) is 58.3 cm³/mol. The fourth-order valence-electron chi connectivity index (χ4n) is 1.13. The molecule has 5 heteroatoms. The van der Waals surface area contributed by atoms with Gasteiger partial charge in [0, 0.05) is 26.8 Å². The summed E-state index contributed by atoms with van der Waals surface area (Å²) in [4.78, 5) is 17.2. The lowest BCUT2D eigenvalue weighted by Gasteiger charge is -2.09. The van der Waals surface area contributed by atoms with E-state index in [-0.39, 0.29) is 5.91 Å². The minimum absolute atomic E-state index is 0.0717. The van der Waals surface area contributed by atoms with Gasteiger partial charge in [-0.25, -0.2) is 4.98 Å². The molecule has 0 aliphatic rings. The topological polar surface area (TPSA) is 50.2 Å². The Bertz CT molecular complexity index is 319. The van der Waals surface area contributed by atoms with Crippen LogP contribution in [0, 0.1) is 0 Å². The third-order valence-corrected chi connectivity index (χ3v) is 2.06. The summed E-state index contributed by atoms with van der Waals surface area (Å²) in [6, 6.07) is 0. The minimum atomic E-state index is 0.0717. The van der Waals surface area contributed by atoms with Crippen molar-refractivity contribution >= 4 is 5.91 Å². The van der Waals surface area contributed by atoms with Gasteiger partial charge in [-0.1, -0.05) is 6.92 Å². The van der Waals surface area contributed by atoms with E-state index in [0.29, 0.717) is 6.54 Å². The van der Waals surface area contributed by atoms with Crippen LogP contribution in [0.1, 0.15) is 12.6 Å². The van der Waals surface area contributed by atoms with Crippen LogP contribution in [0.15, 0.2) is 12.5 Å². The molecule has 5 nitrogen and oxygen atoms in total. The van der Waals surface area contributed by atoms with E-state index in [1.807, 2.05) is 13.1 Å². The maximum atomic E-state index is 11.4. The third-order valence-electron chi connectivity index (χ3n) is 2.06. The van der Waals surface area contributed by atoms with Crippen LogP contribution in [0.25, 0.3) is 0 Å². The van der Waals surface area contributed by atoms with Gasteiger partial charge in [-0.3, -0.25) is 4.79 Å². The second kappa shape index (κ2) is 5.50. The first-order valence-electron chi connectivity index (χ1n) is 5.05. The number of carbonyl (C=O) groups excluding carboxylic acids is 1. The molecule has 0 bridgehead atoms. The van der Waals surface area contributed by atoms with Gasteiger partial charge in [-0.2, -0.15) is 0 Å². The fraction of sp³-hybridized carbons (Fsp3) is 0.600. The van der Waals surface area contributed by atoms with Crippen molar-refractivity contribution in [3.63, 3.8) is 0 Å². The number of hydrogen-bond acceptors (Lipinski definition) is 3. The van der Waals surface area contributed by atoms with Crippen LogP contribution >= 0.6 is 0 Å².